The molecular weight excluding hydrogens is 553 g/mol. The summed E-state index contributed by atoms with van der Waals surface area (Å²) in [4.78, 5) is 0. The number of hydrogen-bond donors (Lipinski definition) is 0. The van der Waals surface area contributed by atoms with E-state index in [-0.39, 0.29) is 0 Å². The van der Waals surface area contributed by atoms with Gasteiger partial charge in [0.05, 0.1) is 0 Å². The lowest BCUT2D eigenvalue weighted by Crippen LogP contribution is -1.87. The third kappa shape index (κ3) is 3.81. The Morgan fingerprint density at radius 2 is 0.522 bits per heavy atom. The molecule has 0 heteroatoms. The monoisotopic (exact) mass is 580 g/mol. The van der Waals surface area contributed by atoms with Crippen molar-refractivity contribution in [2.24, 2.45) is 0 Å². The second-order valence-corrected chi connectivity index (χ2v) is 12.5. The molecule has 0 amide bonds. The van der Waals surface area contributed by atoms with E-state index in [2.05, 4.69) is 170 Å². The topological polar surface area (TPSA) is 0 Å². The summed E-state index contributed by atoms with van der Waals surface area (Å²) in [6.45, 7) is 0. The van der Waals surface area contributed by atoms with Gasteiger partial charge in [-0.05, 0) is 122 Å². The van der Waals surface area contributed by atoms with Gasteiger partial charge in [-0.3, -0.25) is 0 Å². The fraction of sp³-hybridized carbons (Fsp3) is 0. The molecule has 0 saturated carbocycles. The first-order chi connectivity index (χ1) is 22.8. The smallest absolute Gasteiger partial charge is 0.00928 e. The molecule has 0 atom stereocenters. The van der Waals surface area contributed by atoms with Gasteiger partial charge in [-0.2, -0.15) is 0 Å². The van der Waals surface area contributed by atoms with Gasteiger partial charge >= 0.3 is 0 Å². The highest BCUT2D eigenvalue weighted by atomic mass is 14.2. The van der Waals surface area contributed by atoms with Crippen molar-refractivity contribution in [3.05, 3.63) is 170 Å². The summed E-state index contributed by atoms with van der Waals surface area (Å²) in [6.07, 6.45) is 0. The zero-order valence-corrected chi connectivity index (χ0v) is 25.2. The van der Waals surface area contributed by atoms with Gasteiger partial charge in [-0.25, -0.2) is 0 Å². The van der Waals surface area contributed by atoms with Crippen LogP contribution in [0.5, 0.6) is 0 Å². The Labute approximate surface area is 266 Å². The van der Waals surface area contributed by atoms with Gasteiger partial charge in [0.25, 0.3) is 0 Å². The minimum absolute atomic E-state index is 1.24. The molecule has 0 N–H and O–H groups in total. The molecule has 0 heterocycles. The van der Waals surface area contributed by atoms with E-state index in [4.69, 9.17) is 0 Å². The average molecular weight is 581 g/mol. The molecule has 0 unspecified atom stereocenters. The van der Waals surface area contributed by atoms with Crippen molar-refractivity contribution in [3.8, 4) is 22.3 Å². The predicted octanol–water partition coefficient (Wildman–Crippen LogP) is 13.1. The van der Waals surface area contributed by atoms with E-state index in [0.717, 1.165) is 0 Å². The van der Waals surface area contributed by atoms with Crippen LogP contribution in [0.3, 0.4) is 0 Å². The van der Waals surface area contributed by atoms with Crippen LogP contribution in [-0.2, 0) is 0 Å². The van der Waals surface area contributed by atoms with Crippen LogP contribution in [0.1, 0.15) is 0 Å². The summed E-state index contributed by atoms with van der Waals surface area (Å²) in [6, 6.07) is 63.0. The van der Waals surface area contributed by atoms with Crippen molar-refractivity contribution < 1.29 is 0 Å². The van der Waals surface area contributed by atoms with Crippen LogP contribution in [0, 0.1) is 0 Å². The van der Waals surface area contributed by atoms with Crippen LogP contribution in [0.4, 0.5) is 0 Å². The molecule has 10 rings (SSSR count). The van der Waals surface area contributed by atoms with Crippen molar-refractivity contribution in [1.82, 2.24) is 0 Å². The highest BCUT2D eigenvalue weighted by Crippen LogP contribution is 2.40. The molecule has 0 fully saturated rings. The zero-order valence-electron chi connectivity index (χ0n) is 25.2. The lowest BCUT2D eigenvalue weighted by molar-refractivity contribution is 1.68. The summed E-state index contributed by atoms with van der Waals surface area (Å²) in [7, 11) is 0. The van der Waals surface area contributed by atoms with Crippen LogP contribution < -0.4 is 0 Å². The van der Waals surface area contributed by atoms with Crippen LogP contribution in [0.2, 0.25) is 0 Å². The summed E-state index contributed by atoms with van der Waals surface area (Å²) in [5, 5.41) is 18.1. The maximum absolute atomic E-state index is 2.40. The molecule has 10 aromatic rings. The molecule has 0 bridgehead atoms. The average Bonchev–Trinajstić information content (AvgIpc) is 3.13. The zero-order chi connectivity index (χ0) is 30.2. The van der Waals surface area contributed by atoms with Crippen LogP contribution in [-0.4, -0.2) is 0 Å². The number of hydrogen-bond acceptors (Lipinski definition) is 0. The van der Waals surface area contributed by atoms with E-state index >= 15 is 0 Å². The summed E-state index contributed by atoms with van der Waals surface area (Å²) in [5.41, 5.74) is 4.97. The first kappa shape index (κ1) is 25.4. The minimum atomic E-state index is 1.24. The first-order valence-electron chi connectivity index (χ1n) is 16.0. The highest BCUT2D eigenvalue weighted by Gasteiger charge is 2.13. The van der Waals surface area contributed by atoms with Gasteiger partial charge in [0.2, 0.25) is 0 Å². The fourth-order valence-corrected chi connectivity index (χ4v) is 7.68. The Kier molecular flexibility index (Phi) is 5.38. The standard InChI is InChI=1S/C46H28/c1-2-9-32-25-33(15-13-29(32)7-1)35-19-23-42-43-24-20-36(28-46(43)39-12-6-5-11-38(39)45(42)27-35)34-16-14-31-18-21-40-37-10-4-3-8-30(37)17-22-41(40)44(31)26-34/h1-28H. The molecule has 0 aliphatic heterocycles. The number of fused-ring (bicyclic) bond motifs is 12. The molecule has 0 aromatic heterocycles. The van der Waals surface area contributed by atoms with E-state index in [1.165, 1.54) is 97.7 Å². The predicted molar refractivity (Wildman–Crippen MR) is 200 cm³/mol. The molecule has 0 spiro atoms. The Morgan fingerprint density at radius 1 is 0.174 bits per heavy atom. The molecule has 46 heavy (non-hydrogen) atoms. The largest absolute Gasteiger partial charge is 0.0616 e. The Morgan fingerprint density at radius 3 is 1.17 bits per heavy atom. The SMILES string of the molecule is c1ccc2cc(-c3ccc4c5ccc(-c6ccc7ccc8c9ccccc9ccc8c7c6)cc5c5ccccc5c4c3)ccc2c1. The van der Waals surface area contributed by atoms with Crippen molar-refractivity contribution in [2.45, 2.75) is 0 Å². The van der Waals surface area contributed by atoms with Crippen molar-refractivity contribution >= 4 is 75.4 Å². The lowest BCUT2D eigenvalue weighted by atomic mass is 9.89. The van der Waals surface area contributed by atoms with E-state index in [9.17, 15) is 0 Å². The lowest BCUT2D eigenvalue weighted by Gasteiger charge is -2.14. The van der Waals surface area contributed by atoms with Crippen LogP contribution in [0.25, 0.3) is 97.7 Å². The molecule has 0 aliphatic rings. The number of benzene rings is 10. The second kappa shape index (κ2) is 9.76. The van der Waals surface area contributed by atoms with Crippen molar-refractivity contribution in [1.29, 1.82) is 0 Å². The maximum atomic E-state index is 2.40. The Bertz CT molecular complexity index is 2830. The van der Waals surface area contributed by atoms with E-state index in [1.54, 1.807) is 0 Å². The van der Waals surface area contributed by atoms with Gasteiger partial charge in [-0.1, -0.05) is 146 Å². The van der Waals surface area contributed by atoms with Gasteiger partial charge < -0.3 is 0 Å². The molecule has 0 nitrogen and oxygen atoms in total. The first-order valence-corrected chi connectivity index (χ1v) is 16.0. The maximum Gasteiger partial charge on any atom is -0.00928 e. The normalized spacial score (nSPS) is 11.9. The molecular formula is C46H28. The Hall–Kier alpha value is -5.98. The molecule has 10 aromatic carbocycles. The summed E-state index contributed by atoms with van der Waals surface area (Å²) in [5.74, 6) is 0. The quantitative estimate of drug-likeness (QED) is 0.178. The van der Waals surface area contributed by atoms with Gasteiger partial charge in [0.15, 0.2) is 0 Å². The van der Waals surface area contributed by atoms with Gasteiger partial charge in [-0.15, -0.1) is 0 Å². The van der Waals surface area contributed by atoms with E-state index in [1.807, 2.05) is 0 Å². The minimum Gasteiger partial charge on any atom is -0.0616 e. The van der Waals surface area contributed by atoms with E-state index in [0.29, 0.717) is 0 Å². The number of rotatable bonds is 2. The third-order valence-electron chi connectivity index (χ3n) is 10.00. The fourth-order valence-electron chi connectivity index (χ4n) is 7.68. The van der Waals surface area contributed by atoms with Crippen molar-refractivity contribution in [2.75, 3.05) is 0 Å². The van der Waals surface area contributed by atoms with E-state index < -0.39 is 0 Å². The van der Waals surface area contributed by atoms with Crippen LogP contribution in [0.15, 0.2) is 170 Å². The highest BCUT2D eigenvalue weighted by molar-refractivity contribution is 6.26. The Balaban J connectivity index is 1.17. The summed E-state index contributed by atoms with van der Waals surface area (Å²) >= 11 is 0. The molecule has 0 saturated heterocycles. The molecule has 0 aliphatic carbocycles. The molecule has 212 valence electrons. The third-order valence-corrected chi connectivity index (χ3v) is 10.00. The van der Waals surface area contributed by atoms with Gasteiger partial charge in [0.1, 0.15) is 0 Å². The summed E-state index contributed by atoms with van der Waals surface area (Å²) < 4.78 is 0. The second-order valence-electron chi connectivity index (χ2n) is 12.5. The van der Waals surface area contributed by atoms with Crippen LogP contribution >= 0.6 is 0 Å². The molecule has 0 radical (unpaired) electrons. The van der Waals surface area contributed by atoms with Gasteiger partial charge in [0, 0.05) is 0 Å². The van der Waals surface area contributed by atoms with Crippen molar-refractivity contribution in [3.63, 3.8) is 0 Å².